The minimum absolute atomic E-state index is 0.171. The number of ether oxygens (including phenoxy) is 3. The topological polar surface area (TPSA) is 187 Å². The van der Waals surface area contributed by atoms with Gasteiger partial charge in [0.15, 0.2) is 11.5 Å². The third kappa shape index (κ3) is 7.74. The van der Waals surface area contributed by atoms with Crippen molar-refractivity contribution in [1.82, 2.24) is 40.4 Å². The highest BCUT2D eigenvalue weighted by Gasteiger charge is 2.52. The van der Waals surface area contributed by atoms with Gasteiger partial charge in [0.1, 0.15) is 23.7 Å². The Morgan fingerprint density at radius 1 is 0.774 bits per heavy atom. The number of imidazole rings is 2. The number of anilines is 2. The number of rotatable bonds is 10. The maximum Gasteiger partial charge on any atom is 0.407 e. The van der Waals surface area contributed by atoms with Crippen LogP contribution in [0.15, 0.2) is 42.7 Å². The molecule has 4 aliphatic heterocycles. The molecule has 2 saturated heterocycles. The van der Waals surface area contributed by atoms with Crippen LogP contribution >= 0.6 is 0 Å². The van der Waals surface area contributed by atoms with Crippen LogP contribution in [-0.2, 0) is 25.5 Å². The number of aromatic amines is 2. The number of carbonyl (C=O) groups excluding carboxylic acids is 4. The average molecular weight is 866 g/mol. The van der Waals surface area contributed by atoms with Gasteiger partial charge in [0.2, 0.25) is 11.8 Å². The fraction of sp³-hybridized carbons (Fsp3) is 0.476. The number of hydrogen-bond donors (Lipinski definition) is 4. The van der Waals surface area contributed by atoms with Crippen molar-refractivity contribution in [2.45, 2.75) is 83.0 Å². The Labute approximate surface area is 353 Å². The minimum Gasteiger partial charge on any atom is -0.453 e. The van der Waals surface area contributed by atoms with E-state index in [1.807, 2.05) is 30.3 Å². The lowest BCUT2D eigenvalue weighted by atomic mass is 10.0. The van der Waals surface area contributed by atoms with Crippen LogP contribution < -0.4 is 20.3 Å². The average Bonchev–Trinajstić information content (AvgIpc) is 4.08. The highest BCUT2D eigenvalue weighted by atomic mass is 19.3. The number of nitrogens with zero attached hydrogens (tertiary/aromatic N) is 5. The third-order valence-corrected chi connectivity index (χ3v) is 11.9. The van der Waals surface area contributed by atoms with E-state index < -0.39 is 97.8 Å². The molecule has 20 heteroatoms. The summed E-state index contributed by atoms with van der Waals surface area (Å²) in [6, 6.07) is 4.90. The van der Waals surface area contributed by atoms with Crippen molar-refractivity contribution < 1.29 is 51.0 Å². The number of fused-ring (bicyclic) bond motifs is 2. The number of carbonyl (C=O) groups is 4. The van der Waals surface area contributed by atoms with Crippen molar-refractivity contribution >= 4 is 35.4 Å². The molecule has 4 unspecified atom stereocenters. The van der Waals surface area contributed by atoms with E-state index in [0.29, 0.717) is 41.4 Å². The standard InChI is InChI=1S/C42H47F4N9O7/c1-20(2)32(51-39(58)60-5)37(56)54-18-41(43,44)14-28(54)35-47-16-25(49-35)22-7-9-27-31(13-22)62-30-10-8-23(24-11-12-53(27)34(24)30)26-17-48-36(50-26)29-15-42(45,46)19-55(29)38(57)33(21(3)4)52-40(59)61-6/h7-10,13,16-17,20-21,28-29,32-33H,11-12,14-15,18-19H2,1-6H3,(H,47,49)(H,48,50)(H,51,58)(H,52,59). The highest BCUT2D eigenvalue weighted by molar-refractivity contribution is 5.89. The lowest BCUT2D eigenvalue weighted by Crippen LogP contribution is -2.51. The Morgan fingerprint density at radius 3 is 1.84 bits per heavy atom. The molecule has 62 heavy (non-hydrogen) atoms. The Bertz CT molecular complexity index is 2420. The van der Waals surface area contributed by atoms with Gasteiger partial charge in [-0.25, -0.2) is 37.1 Å². The van der Waals surface area contributed by atoms with Crippen LogP contribution in [0.4, 0.5) is 38.5 Å². The van der Waals surface area contributed by atoms with Gasteiger partial charge < -0.3 is 49.5 Å². The second kappa shape index (κ2) is 15.8. The first-order chi connectivity index (χ1) is 29.4. The zero-order chi connectivity index (χ0) is 44.4. The van der Waals surface area contributed by atoms with Crippen LogP contribution in [0.1, 0.15) is 69.8 Å². The van der Waals surface area contributed by atoms with Gasteiger partial charge in [0.25, 0.3) is 11.8 Å². The Hall–Kier alpha value is -6.34. The largest absolute Gasteiger partial charge is 0.453 e. The molecule has 16 nitrogen and oxygen atoms in total. The van der Waals surface area contributed by atoms with E-state index in [2.05, 4.69) is 44.9 Å². The van der Waals surface area contributed by atoms with Crippen molar-refractivity contribution in [1.29, 1.82) is 0 Å². The molecule has 4 N–H and O–H groups in total. The number of likely N-dealkylation sites (tertiary alicyclic amines) is 2. The summed E-state index contributed by atoms with van der Waals surface area (Å²) in [6.45, 7) is 5.74. The van der Waals surface area contributed by atoms with Crippen LogP contribution in [-0.4, -0.2) is 112 Å². The number of alkyl carbamates (subject to hydrolysis) is 2. The molecule has 4 aliphatic rings. The normalized spacial score (nSPS) is 20.4. The molecule has 0 spiro atoms. The maximum absolute atomic E-state index is 15.0. The molecule has 4 atom stereocenters. The van der Waals surface area contributed by atoms with E-state index in [-0.39, 0.29) is 11.6 Å². The summed E-state index contributed by atoms with van der Waals surface area (Å²) in [5.41, 5.74) is 5.12. The van der Waals surface area contributed by atoms with E-state index in [4.69, 9.17) is 4.74 Å². The van der Waals surface area contributed by atoms with Gasteiger partial charge in [-0.3, -0.25) is 9.59 Å². The van der Waals surface area contributed by atoms with Gasteiger partial charge in [0, 0.05) is 30.5 Å². The predicted octanol–water partition coefficient (Wildman–Crippen LogP) is 6.85. The van der Waals surface area contributed by atoms with E-state index in [0.717, 1.165) is 46.5 Å². The summed E-state index contributed by atoms with van der Waals surface area (Å²) in [5, 5.41) is 4.94. The first-order valence-electron chi connectivity index (χ1n) is 20.3. The minimum atomic E-state index is -3.18. The number of hydrogen-bond acceptors (Lipinski definition) is 10. The van der Waals surface area contributed by atoms with Crippen molar-refractivity contribution in [3.05, 3.63) is 59.9 Å². The van der Waals surface area contributed by atoms with Crippen molar-refractivity contribution in [2.75, 3.05) is 38.8 Å². The number of H-pyrrole nitrogens is 2. The molecule has 2 aromatic heterocycles. The van der Waals surface area contributed by atoms with Crippen molar-refractivity contribution in [3.8, 4) is 34.0 Å². The molecular formula is C42H47F4N9O7. The van der Waals surface area contributed by atoms with Gasteiger partial charge in [-0.05, 0) is 48.1 Å². The van der Waals surface area contributed by atoms with Crippen molar-refractivity contribution in [2.24, 2.45) is 11.8 Å². The van der Waals surface area contributed by atoms with Gasteiger partial charge >= 0.3 is 12.2 Å². The molecule has 4 aromatic rings. The number of amides is 4. The van der Waals surface area contributed by atoms with Gasteiger partial charge in [-0.15, -0.1) is 0 Å². The summed E-state index contributed by atoms with van der Waals surface area (Å²) < 4.78 is 75.5. The highest BCUT2D eigenvalue weighted by Crippen LogP contribution is 2.54. The summed E-state index contributed by atoms with van der Waals surface area (Å²) >= 11 is 0. The summed E-state index contributed by atoms with van der Waals surface area (Å²) in [7, 11) is 2.31. The molecule has 330 valence electrons. The van der Waals surface area contributed by atoms with Gasteiger partial charge in [-0.1, -0.05) is 33.8 Å². The number of methoxy groups -OCH3 is 2. The lowest BCUT2D eigenvalue weighted by molar-refractivity contribution is -0.137. The summed E-state index contributed by atoms with van der Waals surface area (Å²) in [4.78, 5) is 70.7. The maximum atomic E-state index is 15.0. The SMILES string of the molecule is COC(=O)NC(C(=O)N1CC(F)(F)CC1c1ncc(-c2ccc3c(c2)Oc2ccc(-c4cnc(C5CC(F)(F)CN5C(=O)C(NC(=O)OC)C(C)C)[nH]4)c4c2N3CC4)[nH]1)C(C)C. The summed E-state index contributed by atoms with van der Waals surface area (Å²) in [6.07, 6.45) is 0.720. The van der Waals surface area contributed by atoms with Crippen LogP contribution in [0.25, 0.3) is 22.5 Å². The molecule has 6 heterocycles. The molecule has 0 aliphatic carbocycles. The summed E-state index contributed by atoms with van der Waals surface area (Å²) in [5.74, 6) is -7.01. The molecule has 4 amide bonds. The first kappa shape index (κ1) is 42.4. The molecule has 2 fully saturated rings. The third-order valence-electron chi connectivity index (χ3n) is 11.9. The second-order valence-electron chi connectivity index (χ2n) is 16.8. The van der Waals surface area contributed by atoms with Gasteiger partial charge in [0.05, 0.1) is 74.5 Å². The van der Waals surface area contributed by atoms with Crippen molar-refractivity contribution in [3.63, 3.8) is 0 Å². The fourth-order valence-corrected chi connectivity index (χ4v) is 8.82. The van der Waals surface area contributed by atoms with Crippen LogP contribution in [0.2, 0.25) is 0 Å². The Balaban J connectivity index is 1.02. The quantitative estimate of drug-likeness (QED) is 0.123. The molecular weight excluding hydrogens is 819 g/mol. The predicted molar refractivity (Wildman–Crippen MR) is 215 cm³/mol. The zero-order valence-corrected chi connectivity index (χ0v) is 34.9. The van der Waals surface area contributed by atoms with E-state index >= 15 is 0 Å². The number of alkyl halides is 4. The van der Waals surface area contributed by atoms with E-state index in [1.54, 1.807) is 33.9 Å². The molecule has 8 rings (SSSR count). The lowest BCUT2D eigenvalue weighted by Gasteiger charge is -2.30. The fourth-order valence-electron chi connectivity index (χ4n) is 8.82. The molecule has 0 bridgehead atoms. The number of halogens is 4. The van der Waals surface area contributed by atoms with Crippen LogP contribution in [0, 0.1) is 11.8 Å². The molecule has 0 radical (unpaired) electrons. The van der Waals surface area contributed by atoms with E-state index in [9.17, 15) is 36.7 Å². The zero-order valence-electron chi connectivity index (χ0n) is 34.9. The molecule has 0 saturated carbocycles. The Kier molecular flexibility index (Phi) is 10.8. The monoisotopic (exact) mass is 865 g/mol. The first-order valence-corrected chi connectivity index (χ1v) is 20.3. The van der Waals surface area contributed by atoms with E-state index in [1.165, 1.54) is 6.20 Å². The Morgan fingerprint density at radius 2 is 1.31 bits per heavy atom. The number of nitrogens with one attached hydrogen (secondary N) is 4. The number of benzene rings is 2. The van der Waals surface area contributed by atoms with Crippen LogP contribution in [0.3, 0.4) is 0 Å². The second-order valence-corrected chi connectivity index (χ2v) is 16.8. The number of aromatic nitrogens is 4. The smallest absolute Gasteiger partial charge is 0.407 e. The van der Waals surface area contributed by atoms with Gasteiger partial charge in [-0.2, -0.15) is 0 Å². The molecule has 2 aromatic carbocycles. The van der Waals surface area contributed by atoms with Crippen LogP contribution in [0.5, 0.6) is 11.5 Å².